The zero-order valence-electron chi connectivity index (χ0n) is 13.7. The van der Waals surface area contributed by atoms with Gasteiger partial charge in [0.1, 0.15) is 6.04 Å². The molecule has 0 spiro atoms. The molecule has 3 aliphatic rings. The van der Waals surface area contributed by atoms with Gasteiger partial charge in [-0.2, -0.15) is 0 Å². The van der Waals surface area contributed by atoms with Crippen LogP contribution in [0.2, 0.25) is 0 Å². The number of carbonyl (C=O) groups excluding carboxylic acids is 3. The second-order valence-corrected chi connectivity index (χ2v) is 7.66. The third kappa shape index (κ3) is 2.94. The van der Waals surface area contributed by atoms with Crippen LogP contribution in [0.15, 0.2) is 0 Å². The van der Waals surface area contributed by atoms with E-state index in [0.29, 0.717) is 31.2 Å². The van der Waals surface area contributed by atoms with Crippen molar-refractivity contribution in [2.45, 2.75) is 45.2 Å². The summed E-state index contributed by atoms with van der Waals surface area (Å²) in [6, 6.07) is -0.953. The molecule has 2 heterocycles. The molecule has 0 radical (unpaired) electrons. The summed E-state index contributed by atoms with van der Waals surface area (Å²) >= 11 is 0. The van der Waals surface area contributed by atoms with Crippen molar-refractivity contribution >= 4 is 17.7 Å². The van der Waals surface area contributed by atoms with Crippen LogP contribution in [0.5, 0.6) is 0 Å². The Balaban J connectivity index is 1.54. The summed E-state index contributed by atoms with van der Waals surface area (Å²) in [6.45, 7) is 5.88. The molecule has 0 aromatic rings. The molecule has 0 bridgehead atoms. The van der Waals surface area contributed by atoms with E-state index in [4.69, 9.17) is 5.73 Å². The van der Waals surface area contributed by atoms with Crippen LogP contribution in [0.4, 0.5) is 0 Å². The van der Waals surface area contributed by atoms with Crippen LogP contribution in [0.3, 0.4) is 0 Å². The Morgan fingerprint density at radius 1 is 1.43 bits per heavy atom. The molecule has 5 atom stereocenters. The summed E-state index contributed by atoms with van der Waals surface area (Å²) in [5.74, 6) is 0.123. The Kier molecular flexibility index (Phi) is 4.08. The number of piperidine rings is 1. The Bertz CT molecular complexity index is 533. The van der Waals surface area contributed by atoms with Crippen molar-refractivity contribution in [2.75, 3.05) is 13.1 Å². The molecule has 0 aromatic carbocycles. The lowest BCUT2D eigenvalue weighted by Gasteiger charge is -2.22. The van der Waals surface area contributed by atoms with Gasteiger partial charge in [-0.3, -0.25) is 14.4 Å². The van der Waals surface area contributed by atoms with E-state index >= 15 is 0 Å². The highest BCUT2D eigenvalue weighted by molar-refractivity contribution is 5.90. The van der Waals surface area contributed by atoms with Crippen molar-refractivity contribution in [1.29, 1.82) is 0 Å². The largest absolute Gasteiger partial charge is 0.368 e. The number of fused-ring (bicyclic) bond motifs is 1. The smallest absolute Gasteiger partial charge is 0.240 e. The highest BCUT2D eigenvalue weighted by Crippen LogP contribution is 2.62. The van der Waals surface area contributed by atoms with Gasteiger partial charge in [0.15, 0.2) is 0 Å². The SMILES string of the molecule is CC1(C)[C@@H]2[C@@H](C(=O)N[C@@H](CC[C@@H]3CCNC3=O)C(N)=O)NC[C@@H]21. The molecule has 2 aliphatic heterocycles. The number of hydrogen-bond acceptors (Lipinski definition) is 4. The summed E-state index contributed by atoms with van der Waals surface area (Å²) in [5.41, 5.74) is 5.62. The maximum Gasteiger partial charge on any atom is 0.240 e. The van der Waals surface area contributed by atoms with E-state index in [9.17, 15) is 14.4 Å². The van der Waals surface area contributed by atoms with Gasteiger partial charge in [-0.25, -0.2) is 0 Å². The molecule has 7 heteroatoms. The fourth-order valence-electron chi connectivity index (χ4n) is 4.31. The molecule has 5 N–H and O–H groups in total. The van der Waals surface area contributed by atoms with E-state index in [1.165, 1.54) is 0 Å². The molecular formula is C16H26N4O3. The van der Waals surface area contributed by atoms with Gasteiger partial charge in [-0.05, 0) is 43.1 Å². The molecule has 0 aromatic heterocycles. The Morgan fingerprint density at radius 2 is 2.17 bits per heavy atom. The molecule has 2 saturated heterocycles. The maximum absolute atomic E-state index is 12.5. The predicted molar refractivity (Wildman–Crippen MR) is 84.0 cm³/mol. The number of nitrogens with two attached hydrogens (primary N) is 1. The highest BCUT2D eigenvalue weighted by Gasteiger charge is 2.65. The lowest BCUT2D eigenvalue weighted by Crippen LogP contribution is -2.52. The molecule has 7 nitrogen and oxygen atoms in total. The van der Waals surface area contributed by atoms with Gasteiger partial charge in [-0.15, -0.1) is 0 Å². The molecule has 128 valence electrons. The van der Waals surface area contributed by atoms with Gasteiger partial charge in [0, 0.05) is 12.5 Å². The van der Waals surface area contributed by atoms with Crippen LogP contribution in [0.25, 0.3) is 0 Å². The molecule has 3 amide bonds. The second-order valence-electron chi connectivity index (χ2n) is 7.66. The van der Waals surface area contributed by atoms with Crippen LogP contribution in [0.1, 0.15) is 33.1 Å². The van der Waals surface area contributed by atoms with Crippen LogP contribution >= 0.6 is 0 Å². The van der Waals surface area contributed by atoms with Gasteiger partial charge in [0.2, 0.25) is 17.7 Å². The molecule has 1 aliphatic carbocycles. The number of rotatable bonds is 6. The minimum Gasteiger partial charge on any atom is -0.368 e. The van der Waals surface area contributed by atoms with E-state index in [1.807, 2.05) is 0 Å². The van der Waals surface area contributed by atoms with E-state index in [2.05, 4.69) is 29.8 Å². The monoisotopic (exact) mass is 322 g/mol. The average Bonchev–Trinajstić information content (AvgIpc) is 2.91. The van der Waals surface area contributed by atoms with Gasteiger partial charge >= 0.3 is 0 Å². The van der Waals surface area contributed by atoms with Gasteiger partial charge in [0.25, 0.3) is 0 Å². The molecule has 0 unspecified atom stereocenters. The Labute approximate surface area is 136 Å². The zero-order valence-corrected chi connectivity index (χ0v) is 13.7. The van der Waals surface area contributed by atoms with E-state index in [0.717, 1.165) is 13.0 Å². The van der Waals surface area contributed by atoms with E-state index in [1.54, 1.807) is 0 Å². The fraction of sp³-hybridized carbons (Fsp3) is 0.812. The van der Waals surface area contributed by atoms with Crippen molar-refractivity contribution in [3.8, 4) is 0 Å². The van der Waals surface area contributed by atoms with Crippen LogP contribution in [-0.4, -0.2) is 42.9 Å². The fourth-order valence-corrected chi connectivity index (χ4v) is 4.31. The number of nitrogens with one attached hydrogen (secondary N) is 3. The summed E-state index contributed by atoms with van der Waals surface area (Å²) in [5, 5.41) is 8.79. The standard InChI is InChI=1S/C16H26N4O3/c1-16(2)9-7-19-12(11(9)16)15(23)20-10(13(17)21)4-3-8-5-6-18-14(8)22/h8-12,19H,3-7H2,1-2H3,(H2,17,21)(H,18,22)(H,20,23)/t8-,9+,10+,11+,12+/m1/s1. The van der Waals surface area contributed by atoms with Crippen LogP contribution < -0.4 is 21.7 Å². The Hall–Kier alpha value is -1.63. The maximum atomic E-state index is 12.5. The molecule has 1 saturated carbocycles. The van der Waals surface area contributed by atoms with Gasteiger partial charge in [0.05, 0.1) is 6.04 Å². The first-order valence-corrected chi connectivity index (χ1v) is 8.43. The quantitative estimate of drug-likeness (QED) is 0.508. The zero-order chi connectivity index (χ0) is 16.8. The molecular weight excluding hydrogens is 296 g/mol. The third-order valence-electron chi connectivity index (χ3n) is 5.96. The third-order valence-corrected chi connectivity index (χ3v) is 5.96. The van der Waals surface area contributed by atoms with E-state index < -0.39 is 11.9 Å². The summed E-state index contributed by atoms with van der Waals surface area (Å²) in [6.07, 6.45) is 1.75. The highest BCUT2D eigenvalue weighted by atomic mass is 16.2. The summed E-state index contributed by atoms with van der Waals surface area (Å²) in [7, 11) is 0. The molecule has 23 heavy (non-hydrogen) atoms. The Morgan fingerprint density at radius 3 is 2.70 bits per heavy atom. The van der Waals surface area contributed by atoms with Gasteiger partial charge < -0.3 is 21.7 Å². The van der Waals surface area contributed by atoms with Crippen molar-refractivity contribution in [1.82, 2.24) is 16.0 Å². The summed E-state index contributed by atoms with van der Waals surface area (Å²) < 4.78 is 0. The minimum absolute atomic E-state index is 0.0274. The first-order valence-electron chi connectivity index (χ1n) is 8.43. The van der Waals surface area contributed by atoms with Crippen molar-refractivity contribution < 1.29 is 14.4 Å². The van der Waals surface area contributed by atoms with Crippen LogP contribution in [0, 0.1) is 23.2 Å². The van der Waals surface area contributed by atoms with Crippen molar-refractivity contribution in [3.05, 3.63) is 0 Å². The first-order chi connectivity index (χ1) is 10.8. The minimum atomic E-state index is -0.710. The van der Waals surface area contributed by atoms with Crippen molar-refractivity contribution in [2.24, 2.45) is 28.9 Å². The number of amides is 3. The topological polar surface area (TPSA) is 113 Å². The lowest BCUT2D eigenvalue weighted by atomic mass is 9.97. The molecule has 3 fully saturated rings. The average molecular weight is 322 g/mol. The molecule has 3 rings (SSSR count). The normalized spacial score (nSPS) is 35.3. The van der Waals surface area contributed by atoms with Crippen LogP contribution in [-0.2, 0) is 14.4 Å². The number of carbonyl (C=O) groups is 3. The van der Waals surface area contributed by atoms with Crippen molar-refractivity contribution in [3.63, 3.8) is 0 Å². The predicted octanol–water partition coefficient (Wildman–Crippen LogP) is -0.883. The van der Waals surface area contributed by atoms with E-state index in [-0.39, 0.29) is 29.2 Å². The first kappa shape index (κ1) is 16.2. The lowest BCUT2D eigenvalue weighted by molar-refractivity contribution is -0.129. The summed E-state index contributed by atoms with van der Waals surface area (Å²) in [4.78, 5) is 35.7. The van der Waals surface area contributed by atoms with Gasteiger partial charge in [-0.1, -0.05) is 13.8 Å². The number of primary amides is 1. The second kappa shape index (κ2) is 5.78. The number of hydrogen-bond donors (Lipinski definition) is 4.